The van der Waals surface area contributed by atoms with Crippen LogP contribution in [-0.4, -0.2) is 28.7 Å². The Morgan fingerprint density at radius 2 is 1.74 bits per heavy atom. The third-order valence-electron chi connectivity index (χ3n) is 5.27. The van der Waals surface area contributed by atoms with Gasteiger partial charge in [0.25, 0.3) is 0 Å². The predicted octanol–water partition coefficient (Wildman–Crippen LogP) is 6.29. The van der Waals surface area contributed by atoms with Crippen molar-refractivity contribution in [1.29, 1.82) is 0 Å². The second-order valence-electron chi connectivity index (χ2n) is 9.98. The van der Waals surface area contributed by atoms with Crippen molar-refractivity contribution in [3.05, 3.63) is 89.1 Å². The summed E-state index contributed by atoms with van der Waals surface area (Å²) >= 11 is 0. The molecule has 0 spiro atoms. The molecule has 188 valence electrons. The first kappa shape index (κ1) is 27.9. The van der Waals surface area contributed by atoms with Crippen molar-refractivity contribution in [3.63, 3.8) is 0 Å². The van der Waals surface area contributed by atoms with Gasteiger partial charge in [-0.2, -0.15) is 0 Å². The van der Waals surface area contributed by atoms with Crippen LogP contribution in [0, 0.1) is 0 Å². The van der Waals surface area contributed by atoms with Gasteiger partial charge in [-0.25, -0.2) is 4.79 Å². The molecule has 0 saturated heterocycles. The number of carbonyl (C=O) groups is 2. The lowest BCUT2D eigenvalue weighted by atomic mass is 9.84. The summed E-state index contributed by atoms with van der Waals surface area (Å²) in [4.78, 5) is 26.3. The lowest BCUT2D eigenvalue weighted by Gasteiger charge is -2.24. The first-order valence-electron chi connectivity index (χ1n) is 11.9. The summed E-state index contributed by atoms with van der Waals surface area (Å²) in [5, 5.41) is 12.3. The fourth-order valence-corrected chi connectivity index (χ4v) is 3.55. The van der Waals surface area contributed by atoms with E-state index in [1.165, 1.54) is 0 Å². The summed E-state index contributed by atoms with van der Waals surface area (Å²) in [5.41, 5.74) is 8.86. The largest absolute Gasteiger partial charge is 0.444 e. The summed E-state index contributed by atoms with van der Waals surface area (Å²) in [7, 11) is 0. The Bertz CT molecular complexity index is 1060. The number of ketones is 1. The number of allylic oxidation sites excluding steroid dienone is 3. The first-order chi connectivity index (χ1) is 16.4. The molecular formula is C29H38N2O4. The van der Waals surface area contributed by atoms with Gasteiger partial charge < -0.3 is 15.6 Å². The summed E-state index contributed by atoms with van der Waals surface area (Å²) in [6.07, 6.45) is 4.01. The van der Waals surface area contributed by atoms with Crippen LogP contribution in [0.5, 0.6) is 0 Å². The Balaban J connectivity index is 2.55. The summed E-state index contributed by atoms with van der Waals surface area (Å²) in [5.74, 6) is -0.521. The zero-order chi connectivity index (χ0) is 26.2. The molecule has 0 aromatic heterocycles. The van der Waals surface area contributed by atoms with E-state index in [-0.39, 0.29) is 18.1 Å². The standard InChI is InChI=1S/C29H38N2O4/c1-19(2)22-15-16-24(26(17-22)31-28(34)35-29(4,5)6)25(18-23(30)14-10-11-20(3)32)27(33)21-12-8-7-9-13-21/h7-17,19-20,25,32H,18,30H2,1-6H3,(H,31,34)/b11-10-,23-14-. The molecule has 0 heterocycles. The molecule has 0 aliphatic rings. The number of nitrogens with two attached hydrogens (primary N) is 1. The van der Waals surface area contributed by atoms with Gasteiger partial charge in [0.15, 0.2) is 5.78 Å². The van der Waals surface area contributed by atoms with E-state index in [2.05, 4.69) is 19.2 Å². The molecule has 0 bridgehead atoms. The molecule has 0 fully saturated rings. The second-order valence-corrected chi connectivity index (χ2v) is 9.98. The summed E-state index contributed by atoms with van der Waals surface area (Å²) in [6, 6.07) is 14.8. The molecule has 4 N–H and O–H groups in total. The topological polar surface area (TPSA) is 102 Å². The molecule has 2 atom stereocenters. The van der Waals surface area contributed by atoms with Crippen molar-refractivity contribution in [2.75, 3.05) is 5.32 Å². The lowest BCUT2D eigenvalue weighted by molar-refractivity contribution is 0.0635. The highest BCUT2D eigenvalue weighted by molar-refractivity contribution is 6.02. The zero-order valence-corrected chi connectivity index (χ0v) is 21.5. The van der Waals surface area contributed by atoms with Gasteiger partial charge in [-0.05, 0) is 56.9 Å². The maximum absolute atomic E-state index is 13.7. The lowest BCUT2D eigenvalue weighted by Crippen LogP contribution is -2.28. The van der Waals surface area contributed by atoms with Crippen molar-refractivity contribution in [2.24, 2.45) is 5.73 Å². The van der Waals surface area contributed by atoms with Crippen LogP contribution in [-0.2, 0) is 4.74 Å². The quantitative estimate of drug-likeness (QED) is 0.290. The molecule has 2 aromatic carbocycles. The van der Waals surface area contributed by atoms with Gasteiger partial charge in [0.05, 0.1) is 12.0 Å². The van der Waals surface area contributed by atoms with Crippen LogP contribution < -0.4 is 11.1 Å². The number of amides is 1. The van der Waals surface area contributed by atoms with Crippen molar-refractivity contribution < 1.29 is 19.4 Å². The maximum Gasteiger partial charge on any atom is 0.412 e. The van der Waals surface area contributed by atoms with E-state index in [0.717, 1.165) is 5.56 Å². The van der Waals surface area contributed by atoms with E-state index in [4.69, 9.17) is 10.5 Å². The Hall–Kier alpha value is -3.38. The Kier molecular flexibility index (Phi) is 9.84. The minimum atomic E-state index is -0.664. The number of hydrogen-bond acceptors (Lipinski definition) is 5. The third kappa shape index (κ3) is 9.06. The molecule has 1 amide bonds. The highest BCUT2D eigenvalue weighted by atomic mass is 16.6. The molecule has 2 rings (SSSR count). The van der Waals surface area contributed by atoms with E-state index >= 15 is 0 Å². The van der Waals surface area contributed by atoms with Gasteiger partial charge in [-0.1, -0.05) is 68.5 Å². The smallest absolute Gasteiger partial charge is 0.412 e. The Morgan fingerprint density at radius 1 is 1.09 bits per heavy atom. The van der Waals surface area contributed by atoms with Crippen LogP contribution in [0.2, 0.25) is 0 Å². The minimum Gasteiger partial charge on any atom is -0.444 e. The number of rotatable bonds is 9. The summed E-state index contributed by atoms with van der Waals surface area (Å²) < 4.78 is 5.47. The summed E-state index contributed by atoms with van der Waals surface area (Å²) in [6.45, 7) is 11.2. The number of carbonyl (C=O) groups excluding carboxylic acids is 2. The van der Waals surface area contributed by atoms with Gasteiger partial charge in [0.2, 0.25) is 0 Å². The number of Topliss-reactive ketones (excluding diaryl/α,β-unsaturated/α-hetero) is 1. The fraction of sp³-hybridized carbons (Fsp3) is 0.379. The number of aliphatic hydroxyl groups excluding tert-OH is 1. The molecule has 0 radical (unpaired) electrons. The monoisotopic (exact) mass is 478 g/mol. The average Bonchev–Trinajstić information content (AvgIpc) is 2.76. The third-order valence-corrected chi connectivity index (χ3v) is 5.27. The van der Waals surface area contributed by atoms with Crippen LogP contribution >= 0.6 is 0 Å². The number of nitrogens with one attached hydrogen (secondary N) is 1. The molecule has 0 aliphatic heterocycles. The number of benzene rings is 2. The predicted molar refractivity (Wildman–Crippen MR) is 142 cm³/mol. The van der Waals surface area contributed by atoms with E-state index in [9.17, 15) is 14.7 Å². The van der Waals surface area contributed by atoms with Crippen LogP contribution in [0.3, 0.4) is 0 Å². The van der Waals surface area contributed by atoms with Crippen molar-refractivity contribution in [2.45, 2.75) is 71.5 Å². The average molecular weight is 479 g/mol. The van der Waals surface area contributed by atoms with Crippen molar-refractivity contribution in [3.8, 4) is 0 Å². The van der Waals surface area contributed by atoms with Gasteiger partial charge >= 0.3 is 6.09 Å². The molecule has 2 aromatic rings. The zero-order valence-electron chi connectivity index (χ0n) is 21.5. The van der Waals surface area contributed by atoms with Crippen LogP contribution in [0.4, 0.5) is 10.5 Å². The van der Waals surface area contributed by atoms with E-state index < -0.39 is 23.7 Å². The van der Waals surface area contributed by atoms with E-state index in [1.54, 1.807) is 58.1 Å². The molecule has 6 nitrogen and oxygen atoms in total. The van der Waals surface area contributed by atoms with Gasteiger partial charge in [-0.15, -0.1) is 0 Å². The number of hydrogen-bond donors (Lipinski definition) is 3. The van der Waals surface area contributed by atoms with Crippen molar-refractivity contribution >= 4 is 17.6 Å². The van der Waals surface area contributed by atoms with Crippen LogP contribution in [0.25, 0.3) is 0 Å². The van der Waals surface area contributed by atoms with Crippen molar-refractivity contribution in [1.82, 2.24) is 0 Å². The highest BCUT2D eigenvalue weighted by Gasteiger charge is 2.27. The second kappa shape index (κ2) is 12.4. The Morgan fingerprint density at radius 3 is 2.31 bits per heavy atom. The number of ether oxygens (including phenoxy) is 1. The maximum atomic E-state index is 13.7. The minimum absolute atomic E-state index is 0.106. The first-order valence-corrected chi connectivity index (χ1v) is 11.9. The Labute approximate surface area is 208 Å². The molecule has 0 aliphatic carbocycles. The van der Waals surface area contributed by atoms with Gasteiger partial charge in [0, 0.05) is 23.4 Å². The van der Waals surface area contributed by atoms with Gasteiger partial charge in [-0.3, -0.25) is 10.1 Å². The van der Waals surface area contributed by atoms with E-state index in [0.29, 0.717) is 22.5 Å². The van der Waals surface area contributed by atoms with Gasteiger partial charge in [0.1, 0.15) is 5.60 Å². The molecule has 6 heteroatoms. The van der Waals surface area contributed by atoms with Crippen LogP contribution in [0.15, 0.2) is 72.5 Å². The normalized spacial score (nSPS) is 14.1. The number of anilines is 1. The molecule has 2 unspecified atom stereocenters. The van der Waals surface area contributed by atoms with E-state index in [1.807, 2.05) is 36.4 Å². The molecule has 35 heavy (non-hydrogen) atoms. The fourth-order valence-electron chi connectivity index (χ4n) is 3.55. The van der Waals surface area contributed by atoms with Crippen LogP contribution in [0.1, 0.15) is 81.3 Å². The molecular weight excluding hydrogens is 440 g/mol. The SMILES string of the molecule is CC(O)/C=C\C=C(/N)CC(C(=O)c1ccccc1)c1ccc(C(C)C)cc1NC(=O)OC(C)(C)C. The highest BCUT2D eigenvalue weighted by Crippen LogP contribution is 2.34. The molecule has 0 saturated carbocycles. The number of aliphatic hydroxyl groups is 1.